The van der Waals surface area contributed by atoms with Gasteiger partial charge in [-0.2, -0.15) is 0 Å². The highest BCUT2D eigenvalue weighted by Crippen LogP contribution is 2.27. The van der Waals surface area contributed by atoms with Gasteiger partial charge >= 0.3 is 0 Å². The molecule has 21 heavy (non-hydrogen) atoms. The lowest BCUT2D eigenvalue weighted by molar-refractivity contribution is -0.117. The molecule has 0 aliphatic carbocycles. The maximum atomic E-state index is 12.3. The summed E-state index contributed by atoms with van der Waals surface area (Å²) in [4.78, 5) is 20.5. The van der Waals surface area contributed by atoms with Crippen molar-refractivity contribution >= 4 is 17.6 Å². The zero-order chi connectivity index (χ0) is 14.7. The summed E-state index contributed by atoms with van der Waals surface area (Å²) in [5.74, 6) is 0.537. The van der Waals surface area contributed by atoms with Crippen LogP contribution < -0.4 is 10.6 Å². The van der Waals surface area contributed by atoms with E-state index in [2.05, 4.69) is 16.0 Å². The second-order valence-electron chi connectivity index (χ2n) is 5.65. The van der Waals surface area contributed by atoms with E-state index in [4.69, 9.17) is 5.73 Å². The molecular weight excluding hydrogens is 264 g/mol. The Morgan fingerprint density at radius 1 is 1.14 bits per heavy atom. The highest BCUT2D eigenvalue weighted by atomic mass is 16.2. The molecule has 1 aromatic rings. The van der Waals surface area contributed by atoms with Gasteiger partial charge in [-0.05, 0) is 37.3 Å². The predicted octanol–water partition coefficient (Wildman–Crippen LogP) is 1.38. The van der Waals surface area contributed by atoms with Gasteiger partial charge in [0.05, 0.1) is 0 Å². The molecule has 2 N–H and O–H groups in total. The van der Waals surface area contributed by atoms with Crippen LogP contribution in [0.1, 0.15) is 24.8 Å². The number of piperidine rings is 1. The van der Waals surface area contributed by atoms with Crippen LogP contribution in [0, 0.1) is 0 Å². The minimum atomic E-state index is 0.0277. The minimum Gasteiger partial charge on any atom is -0.370 e. The molecule has 1 amide bonds. The molecule has 1 fully saturated rings. The zero-order valence-electron chi connectivity index (χ0n) is 12.3. The summed E-state index contributed by atoms with van der Waals surface area (Å²) in [6, 6.07) is 8.06. The first-order valence-electron chi connectivity index (χ1n) is 7.69. The molecule has 2 aliphatic rings. The Morgan fingerprint density at radius 3 is 2.71 bits per heavy atom. The number of carbonyl (C=O) groups is 1. The molecule has 5 heteroatoms. The first kappa shape index (κ1) is 13.9. The number of anilines is 1. The summed E-state index contributed by atoms with van der Waals surface area (Å²) < 4.78 is 0. The van der Waals surface area contributed by atoms with Crippen molar-refractivity contribution < 1.29 is 4.79 Å². The van der Waals surface area contributed by atoms with Crippen molar-refractivity contribution in [3.05, 3.63) is 29.8 Å². The quantitative estimate of drug-likeness (QED) is 0.660. The number of carbonyl (C=O) groups excluding carboxylic acids is 1. The van der Waals surface area contributed by atoms with Crippen molar-refractivity contribution in [3.63, 3.8) is 0 Å². The summed E-state index contributed by atoms with van der Waals surface area (Å²) in [6.07, 6.45) is 4.49. The van der Waals surface area contributed by atoms with E-state index in [1.807, 2.05) is 23.1 Å². The molecule has 2 aliphatic heterocycles. The number of likely N-dealkylation sites (tertiary alicyclic amines) is 1. The summed E-state index contributed by atoms with van der Waals surface area (Å²) in [6.45, 7) is 2.79. The van der Waals surface area contributed by atoms with Crippen molar-refractivity contribution in [2.45, 2.75) is 25.7 Å². The zero-order valence-corrected chi connectivity index (χ0v) is 12.3. The molecular formula is C16H22N4O. The summed E-state index contributed by atoms with van der Waals surface area (Å²) >= 11 is 0. The van der Waals surface area contributed by atoms with Crippen LogP contribution in [-0.2, 0) is 11.2 Å². The maximum absolute atomic E-state index is 12.3. The van der Waals surface area contributed by atoms with Gasteiger partial charge in [-0.3, -0.25) is 4.79 Å². The van der Waals surface area contributed by atoms with E-state index in [0.29, 0.717) is 5.96 Å². The van der Waals surface area contributed by atoms with Crippen LogP contribution in [0.25, 0.3) is 0 Å². The van der Waals surface area contributed by atoms with Crippen molar-refractivity contribution in [2.75, 3.05) is 31.1 Å². The third-order valence-corrected chi connectivity index (χ3v) is 4.24. The second kappa shape index (κ2) is 6.16. The molecule has 0 bridgehead atoms. The van der Waals surface area contributed by atoms with E-state index < -0.39 is 0 Å². The van der Waals surface area contributed by atoms with E-state index in [9.17, 15) is 4.79 Å². The number of hydrogen-bond donors (Lipinski definition) is 1. The number of amides is 1. The highest BCUT2D eigenvalue weighted by Gasteiger charge is 2.23. The van der Waals surface area contributed by atoms with Crippen LogP contribution in [0.5, 0.6) is 0 Å². The van der Waals surface area contributed by atoms with Gasteiger partial charge in [-0.15, -0.1) is 0 Å². The van der Waals surface area contributed by atoms with Crippen molar-refractivity contribution in [1.29, 1.82) is 0 Å². The van der Waals surface area contributed by atoms with Crippen LogP contribution in [0.3, 0.4) is 0 Å². The minimum absolute atomic E-state index is 0.0277. The second-order valence-corrected chi connectivity index (χ2v) is 5.65. The van der Waals surface area contributed by atoms with Crippen LogP contribution >= 0.6 is 0 Å². The van der Waals surface area contributed by atoms with Crippen molar-refractivity contribution in [3.8, 4) is 0 Å². The van der Waals surface area contributed by atoms with Gasteiger partial charge in [0.25, 0.3) is 0 Å². The normalized spacial score (nSPS) is 18.8. The SMILES string of the molecule is NC(=NCC(=O)N1CCc2ccccc21)N1CCCCC1. The topological polar surface area (TPSA) is 61.9 Å². The van der Waals surface area contributed by atoms with Crippen LogP contribution in [0.2, 0.25) is 0 Å². The van der Waals surface area contributed by atoms with Crippen molar-refractivity contribution in [1.82, 2.24) is 4.90 Å². The van der Waals surface area contributed by atoms with E-state index in [0.717, 1.165) is 44.6 Å². The van der Waals surface area contributed by atoms with Gasteiger partial charge < -0.3 is 15.5 Å². The number of rotatable bonds is 2. The number of fused-ring (bicyclic) bond motifs is 1. The molecule has 0 saturated carbocycles. The van der Waals surface area contributed by atoms with Gasteiger partial charge in [0.15, 0.2) is 5.96 Å². The molecule has 0 spiro atoms. The average molecular weight is 286 g/mol. The Balaban J connectivity index is 1.62. The monoisotopic (exact) mass is 286 g/mol. The fourth-order valence-electron chi connectivity index (χ4n) is 3.05. The van der Waals surface area contributed by atoms with Gasteiger partial charge in [0, 0.05) is 25.3 Å². The standard InChI is InChI=1S/C16H22N4O/c17-16(19-9-4-1-5-10-19)18-12-15(21)20-11-8-13-6-2-3-7-14(13)20/h2-3,6-7H,1,4-5,8-12H2,(H2,17,18). The average Bonchev–Trinajstić information content (AvgIpc) is 2.97. The Hall–Kier alpha value is -2.04. The number of benzene rings is 1. The van der Waals surface area contributed by atoms with Gasteiger partial charge in [0.2, 0.25) is 5.91 Å². The van der Waals surface area contributed by atoms with Gasteiger partial charge in [-0.1, -0.05) is 18.2 Å². The predicted molar refractivity (Wildman–Crippen MR) is 84.4 cm³/mol. The molecule has 0 atom stereocenters. The fraction of sp³-hybridized carbons (Fsp3) is 0.500. The van der Waals surface area contributed by atoms with E-state index in [-0.39, 0.29) is 12.5 Å². The van der Waals surface area contributed by atoms with E-state index in [1.165, 1.54) is 12.0 Å². The molecule has 5 nitrogen and oxygen atoms in total. The van der Waals surface area contributed by atoms with E-state index in [1.54, 1.807) is 0 Å². The molecule has 1 aromatic carbocycles. The summed E-state index contributed by atoms with van der Waals surface area (Å²) in [5.41, 5.74) is 8.25. The molecule has 0 radical (unpaired) electrons. The summed E-state index contributed by atoms with van der Waals surface area (Å²) in [7, 11) is 0. The number of nitrogens with zero attached hydrogens (tertiary/aromatic N) is 3. The number of aliphatic imine (C=N–C) groups is 1. The molecule has 0 aromatic heterocycles. The largest absolute Gasteiger partial charge is 0.370 e. The molecule has 1 saturated heterocycles. The van der Waals surface area contributed by atoms with Crippen LogP contribution in [-0.4, -0.2) is 42.9 Å². The van der Waals surface area contributed by atoms with Crippen molar-refractivity contribution in [2.24, 2.45) is 10.7 Å². The Kier molecular flexibility index (Phi) is 4.08. The summed E-state index contributed by atoms with van der Waals surface area (Å²) in [5, 5.41) is 0. The molecule has 2 heterocycles. The third-order valence-electron chi connectivity index (χ3n) is 4.24. The number of hydrogen-bond acceptors (Lipinski definition) is 2. The van der Waals surface area contributed by atoms with Gasteiger partial charge in [-0.25, -0.2) is 4.99 Å². The molecule has 112 valence electrons. The lowest BCUT2D eigenvalue weighted by atomic mass is 10.1. The highest BCUT2D eigenvalue weighted by molar-refractivity contribution is 5.97. The third kappa shape index (κ3) is 3.01. The number of nitrogens with two attached hydrogens (primary N) is 1. The first-order valence-corrected chi connectivity index (χ1v) is 7.69. The Bertz CT molecular complexity index is 549. The lowest BCUT2D eigenvalue weighted by Gasteiger charge is -2.27. The first-order chi connectivity index (χ1) is 10.3. The number of guanidine groups is 1. The lowest BCUT2D eigenvalue weighted by Crippen LogP contribution is -2.41. The Labute approximate surface area is 125 Å². The van der Waals surface area contributed by atoms with Crippen LogP contribution in [0.15, 0.2) is 29.3 Å². The number of para-hydroxylation sites is 1. The smallest absolute Gasteiger partial charge is 0.248 e. The fourth-order valence-corrected chi connectivity index (χ4v) is 3.05. The molecule has 3 rings (SSSR count). The van der Waals surface area contributed by atoms with E-state index >= 15 is 0 Å². The van der Waals surface area contributed by atoms with Gasteiger partial charge in [0.1, 0.15) is 6.54 Å². The maximum Gasteiger partial charge on any atom is 0.248 e. The van der Waals surface area contributed by atoms with Crippen LogP contribution in [0.4, 0.5) is 5.69 Å². The Morgan fingerprint density at radius 2 is 1.90 bits per heavy atom. The molecule has 0 unspecified atom stereocenters.